The molecule has 2 fully saturated rings. The standard InChI is InChI=1S/C39H64N18O6.ClH/c1-4-21-61-23-25-63-26-24-62-22-12-44-37-45-38(54-17-13-52(14-18-54)34(59)29(2)56-27-32(48-50-56)9-7-11-43-36(41)42)47-39(46-37)55-19-15-53(16-20-55)35(60)33(30(3)58)57-28-31(49-51-57)8-5-6-10-40;/h1,27-30,33,58H,5-26,40H2,2-3H3,(H4,41,42,43)(H,44,45,46,47);1H/t29-,30+,33-;/m0./s1. The van der Waals surface area contributed by atoms with Crippen molar-refractivity contribution >= 4 is 48.0 Å². The van der Waals surface area contributed by atoms with Gasteiger partial charge in [0, 0.05) is 77.8 Å². The summed E-state index contributed by atoms with van der Waals surface area (Å²) in [6, 6.07) is -1.46. The number of hydrogen-bond donors (Lipinski definition) is 5. The molecule has 2 saturated heterocycles. The largest absolute Gasteiger partial charge is 0.391 e. The average Bonchev–Trinajstić information content (AvgIpc) is 3.96. The molecule has 64 heavy (non-hydrogen) atoms. The molecule has 0 radical (unpaired) electrons. The number of terminal acetylenes is 1. The van der Waals surface area contributed by atoms with Gasteiger partial charge in [0.25, 0.3) is 0 Å². The Hall–Kier alpha value is -5.45. The van der Waals surface area contributed by atoms with E-state index in [1.165, 1.54) is 4.68 Å². The highest BCUT2D eigenvalue weighted by atomic mass is 35.5. The van der Waals surface area contributed by atoms with E-state index in [1.807, 2.05) is 21.6 Å². The molecule has 2 amide bonds. The van der Waals surface area contributed by atoms with E-state index in [2.05, 4.69) is 36.9 Å². The number of aliphatic hydroxyl groups is 1. The van der Waals surface area contributed by atoms with Gasteiger partial charge in [-0.15, -0.1) is 29.0 Å². The fraction of sp³-hybridized carbons (Fsp3) is 0.692. The van der Waals surface area contributed by atoms with Crippen molar-refractivity contribution in [3.05, 3.63) is 23.8 Å². The van der Waals surface area contributed by atoms with Crippen molar-refractivity contribution in [2.45, 2.75) is 64.1 Å². The van der Waals surface area contributed by atoms with Crippen molar-refractivity contribution in [2.24, 2.45) is 22.2 Å². The van der Waals surface area contributed by atoms with Crippen LogP contribution in [0.3, 0.4) is 0 Å². The smallest absolute Gasteiger partial charge is 0.250 e. The lowest BCUT2D eigenvalue weighted by molar-refractivity contribution is -0.138. The van der Waals surface area contributed by atoms with Gasteiger partial charge in [0.1, 0.15) is 12.6 Å². The maximum atomic E-state index is 13.8. The van der Waals surface area contributed by atoms with E-state index in [1.54, 1.807) is 28.9 Å². The van der Waals surface area contributed by atoms with Crippen LogP contribution in [-0.4, -0.2) is 195 Å². The van der Waals surface area contributed by atoms with Crippen LogP contribution < -0.4 is 32.3 Å². The maximum Gasteiger partial charge on any atom is 0.250 e. The summed E-state index contributed by atoms with van der Waals surface area (Å²) in [6.45, 7) is 10.7. The van der Waals surface area contributed by atoms with Crippen LogP contribution in [0.15, 0.2) is 17.4 Å². The minimum atomic E-state index is -0.989. The zero-order valence-electron chi connectivity index (χ0n) is 36.9. The number of anilines is 3. The number of rotatable bonds is 26. The molecule has 0 spiro atoms. The molecule has 354 valence electrons. The zero-order valence-corrected chi connectivity index (χ0v) is 37.7. The number of unbranched alkanes of at least 4 members (excludes halogenated alkanes) is 1. The Bertz CT molecular complexity index is 1920. The molecule has 0 unspecified atom stereocenters. The minimum Gasteiger partial charge on any atom is -0.391 e. The van der Waals surface area contributed by atoms with Gasteiger partial charge in [-0.05, 0) is 52.5 Å². The summed E-state index contributed by atoms with van der Waals surface area (Å²) in [5.74, 6) is 3.44. The lowest BCUT2D eigenvalue weighted by Crippen LogP contribution is -2.52. The van der Waals surface area contributed by atoms with E-state index in [0.29, 0.717) is 142 Å². The number of aliphatic imine (C=N–C) groups is 1. The quantitative estimate of drug-likeness (QED) is 0.0258. The molecule has 24 nitrogen and oxygen atoms in total. The third-order valence-electron chi connectivity index (χ3n) is 10.5. The molecule has 2 aliphatic heterocycles. The number of amides is 2. The first-order valence-electron chi connectivity index (χ1n) is 21.6. The monoisotopic (exact) mass is 917 g/mol. The molecule has 0 aliphatic carbocycles. The van der Waals surface area contributed by atoms with Crippen LogP contribution in [0.4, 0.5) is 17.8 Å². The minimum absolute atomic E-state index is 0. The fourth-order valence-corrected chi connectivity index (χ4v) is 6.98. The van der Waals surface area contributed by atoms with E-state index in [0.717, 1.165) is 24.2 Å². The molecule has 0 aromatic carbocycles. The highest BCUT2D eigenvalue weighted by Gasteiger charge is 2.34. The van der Waals surface area contributed by atoms with Crippen LogP contribution in [0.2, 0.25) is 0 Å². The third kappa shape index (κ3) is 15.7. The second-order valence-corrected chi connectivity index (χ2v) is 15.2. The van der Waals surface area contributed by atoms with Crippen molar-refractivity contribution in [3.8, 4) is 12.3 Å². The molecule has 5 rings (SSSR count). The molecule has 0 bridgehead atoms. The van der Waals surface area contributed by atoms with E-state index in [9.17, 15) is 14.7 Å². The summed E-state index contributed by atoms with van der Waals surface area (Å²) in [6.07, 6.45) is 11.5. The SMILES string of the molecule is C#CCOCCOCCOCCNc1nc(N2CCN(C(=O)[C@H]([C@@H](C)O)n3cc(CCCCN)nn3)CC2)nc(N2CCN(C(=O)[C@H](C)n3cc(CCCN=C(N)N)nn3)CC2)n1.Cl. The number of nitrogens with one attached hydrogen (secondary N) is 1. The van der Waals surface area contributed by atoms with Gasteiger partial charge in [-0.3, -0.25) is 14.6 Å². The molecule has 3 atom stereocenters. The second-order valence-electron chi connectivity index (χ2n) is 15.2. The van der Waals surface area contributed by atoms with Gasteiger partial charge in [-0.2, -0.15) is 15.0 Å². The molecule has 25 heteroatoms. The van der Waals surface area contributed by atoms with Crippen LogP contribution in [0.5, 0.6) is 0 Å². The number of nitrogens with zero attached hydrogens (tertiary/aromatic N) is 14. The Morgan fingerprint density at radius 2 is 1.34 bits per heavy atom. The summed E-state index contributed by atoms with van der Waals surface area (Å²) < 4.78 is 19.5. The Morgan fingerprint density at radius 1 is 0.797 bits per heavy atom. The lowest BCUT2D eigenvalue weighted by Gasteiger charge is -2.38. The van der Waals surface area contributed by atoms with E-state index >= 15 is 0 Å². The normalized spacial score (nSPS) is 15.5. The first-order valence-corrected chi connectivity index (χ1v) is 21.6. The Balaban J connectivity index is 0.00000898. The zero-order chi connectivity index (χ0) is 45.0. The van der Waals surface area contributed by atoms with Gasteiger partial charge in [-0.1, -0.05) is 16.3 Å². The summed E-state index contributed by atoms with van der Waals surface area (Å²) in [5.41, 5.74) is 18.0. The Morgan fingerprint density at radius 3 is 1.92 bits per heavy atom. The van der Waals surface area contributed by atoms with Crippen molar-refractivity contribution in [3.63, 3.8) is 0 Å². The molecule has 2 aliphatic rings. The van der Waals surface area contributed by atoms with Crippen molar-refractivity contribution in [2.75, 3.05) is 127 Å². The third-order valence-corrected chi connectivity index (χ3v) is 10.5. The number of piperazine rings is 2. The Kier molecular flexibility index (Phi) is 21.6. The lowest BCUT2D eigenvalue weighted by atomic mass is 10.1. The molecular formula is C39H65ClN18O6. The molecule has 3 aromatic heterocycles. The second kappa shape index (κ2) is 27.0. The van der Waals surface area contributed by atoms with Gasteiger partial charge in [-0.25, -0.2) is 9.36 Å². The summed E-state index contributed by atoms with van der Waals surface area (Å²) in [7, 11) is 0. The van der Waals surface area contributed by atoms with Gasteiger partial charge < -0.3 is 61.4 Å². The number of halogens is 1. The number of carbonyl (C=O) groups is 2. The number of ether oxygens (including phenoxy) is 3. The highest BCUT2D eigenvalue weighted by Crippen LogP contribution is 2.23. The molecule has 5 heterocycles. The summed E-state index contributed by atoms with van der Waals surface area (Å²) in [4.78, 5) is 53.4. The number of aromatic nitrogens is 9. The van der Waals surface area contributed by atoms with E-state index < -0.39 is 18.2 Å². The predicted molar refractivity (Wildman–Crippen MR) is 241 cm³/mol. The van der Waals surface area contributed by atoms with E-state index in [4.69, 9.17) is 52.8 Å². The van der Waals surface area contributed by atoms with Crippen molar-refractivity contribution in [1.29, 1.82) is 0 Å². The average molecular weight is 918 g/mol. The van der Waals surface area contributed by atoms with Crippen LogP contribution in [-0.2, 0) is 36.6 Å². The Labute approximate surface area is 380 Å². The van der Waals surface area contributed by atoms with Gasteiger partial charge in [0.2, 0.25) is 29.7 Å². The van der Waals surface area contributed by atoms with Crippen LogP contribution in [0, 0.1) is 12.3 Å². The first kappa shape index (κ1) is 51.2. The molecule has 8 N–H and O–H groups in total. The van der Waals surface area contributed by atoms with Gasteiger partial charge in [0.05, 0.1) is 50.5 Å². The number of aliphatic hydroxyl groups excluding tert-OH is 1. The molecule has 0 saturated carbocycles. The van der Waals surface area contributed by atoms with Gasteiger partial charge >= 0.3 is 0 Å². The number of carbonyl (C=O) groups excluding carboxylic acids is 2. The number of nitrogens with two attached hydrogens (primary N) is 3. The van der Waals surface area contributed by atoms with E-state index in [-0.39, 0.29) is 36.8 Å². The predicted octanol–water partition coefficient (Wildman–Crippen LogP) is -1.76. The number of hydrogen-bond acceptors (Lipinski definition) is 18. The fourth-order valence-electron chi connectivity index (χ4n) is 6.98. The van der Waals surface area contributed by atoms with Crippen LogP contribution in [0.1, 0.15) is 56.6 Å². The number of guanidine groups is 1. The molecular weight excluding hydrogens is 852 g/mol. The summed E-state index contributed by atoms with van der Waals surface area (Å²) >= 11 is 0. The highest BCUT2D eigenvalue weighted by molar-refractivity contribution is 5.85. The van der Waals surface area contributed by atoms with Crippen LogP contribution >= 0.6 is 12.4 Å². The van der Waals surface area contributed by atoms with Crippen molar-refractivity contribution < 1.29 is 28.9 Å². The maximum absolute atomic E-state index is 13.8. The summed E-state index contributed by atoms with van der Waals surface area (Å²) in [5, 5.41) is 30.8. The number of aryl methyl sites for hydroxylation is 2. The van der Waals surface area contributed by atoms with Crippen LogP contribution in [0.25, 0.3) is 0 Å². The van der Waals surface area contributed by atoms with Gasteiger partial charge in [0.15, 0.2) is 12.0 Å². The first-order chi connectivity index (χ1) is 30.6. The molecule has 3 aromatic rings. The topological polar surface area (TPSA) is 298 Å². The van der Waals surface area contributed by atoms with Crippen molar-refractivity contribution in [1.82, 2.24) is 54.7 Å².